The largest absolute Gasteiger partial charge is 0.497 e. The van der Waals surface area contributed by atoms with E-state index in [1.165, 1.54) is 0 Å². The van der Waals surface area contributed by atoms with Crippen LogP contribution in [0.1, 0.15) is 5.01 Å². The van der Waals surface area contributed by atoms with Gasteiger partial charge in [0, 0.05) is 5.39 Å². The molecule has 0 amide bonds. The monoisotopic (exact) mass is 363 g/mol. The molecule has 7 heteroatoms. The molecule has 1 aromatic carbocycles. The van der Waals surface area contributed by atoms with Crippen LogP contribution >= 0.6 is 27.3 Å². The normalized spacial score (nSPS) is 11.6. The summed E-state index contributed by atoms with van der Waals surface area (Å²) in [4.78, 5) is 5.41. The number of aromatic nitrogens is 3. The van der Waals surface area contributed by atoms with Crippen molar-refractivity contribution < 1.29 is 9.15 Å². The first-order valence-electron chi connectivity index (χ1n) is 6.24. The molecule has 4 rings (SSSR count). The highest BCUT2D eigenvalue weighted by Crippen LogP contribution is 2.35. The topological polar surface area (TPSA) is 52.6 Å². The predicted octanol–water partition coefficient (Wildman–Crippen LogP) is 4.28. The van der Waals surface area contributed by atoms with Gasteiger partial charge >= 0.3 is 0 Å². The molecule has 3 heterocycles. The van der Waals surface area contributed by atoms with Gasteiger partial charge < -0.3 is 9.15 Å². The van der Waals surface area contributed by atoms with E-state index in [1.807, 2.05) is 31.3 Å². The maximum absolute atomic E-state index is 5.91. The summed E-state index contributed by atoms with van der Waals surface area (Å²) in [5.74, 6) is 1.50. The molecule has 0 atom stereocenters. The first-order valence-corrected chi connectivity index (χ1v) is 7.85. The van der Waals surface area contributed by atoms with E-state index >= 15 is 0 Å². The molecule has 5 nitrogen and oxygen atoms in total. The van der Waals surface area contributed by atoms with Crippen molar-refractivity contribution in [3.8, 4) is 17.2 Å². The van der Waals surface area contributed by atoms with Gasteiger partial charge in [0.25, 0.3) is 0 Å². The third kappa shape index (κ3) is 2.04. The second kappa shape index (κ2) is 4.57. The summed E-state index contributed by atoms with van der Waals surface area (Å²) in [6.45, 7) is 1.96. The Morgan fingerprint density at radius 2 is 2.19 bits per heavy atom. The van der Waals surface area contributed by atoms with E-state index < -0.39 is 0 Å². The molecule has 0 saturated heterocycles. The lowest BCUT2D eigenvalue weighted by Crippen LogP contribution is -1.81. The summed E-state index contributed by atoms with van der Waals surface area (Å²) < 4.78 is 13.8. The lowest BCUT2D eigenvalue weighted by molar-refractivity contribution is 0.415. The molecule has 106 valence electrons. The van der Waals surface area contributed by atoms with Gasteiger partial charge in [0.1, 0.15) is 22.0 Å². The highest BCUT2D eigenvalue weighted by atomic mass is 79.9. The smallest absolute Gasteiger partial charge is 0.212 e. The first kappa shape index (κ1) is 12.8. The summed E-state index contributed by atoms with van der Waals surface area (Å²) in [6, 6.07) is 5.78. The molecular weight excluding hydrogens is 354 g/mol. The lowest BCUT2D eigenvalue weighted by Gasteiger charge is -1.99. The van der Waals surface area contributed by atoms with Crippen LogP contribution in [0.3, 0.4) is 0 Å². The Bertz CT molecular complexity index is 938. The minimum absolute atomic E-state index is 0.717. The fourth-order valence-electron chi connectivity index (χ4n) is 2.25. The van der Waals surface area contributed by atoms with Crippen molar-refractivity contribution in [3.05, 3.63) is 33.9 Å². The zero-order valence-corrected chi connectivity index (χ0v) is 13.7. The van der Waals surface area contributed by atoms with Crippen LogP contribution in [0.15, 0.2) is 33.3 Å². The van der Waals surface area contributed by atoms with Crippen LogP contribution in [0, 0.1) is 6.92 Å². The Hall–Kier alpha value is -1.86. The molecule has 0 bridgehead atoms. The number of furan rings is 1. The molecule has 0 aliphatic rings. The number of benzene rings is 1. The number of fused-ring (bicyclic) bond motifs is 2. The fourth-order valence-corrected chi connectivity index (χ4v) is 3.51. The SMILES string of the molecule is COc1cc(Br)c2oc(-c3cn4nc(C)sc4n3)cc2c1. The second-order valence-corrected chi connectivity index (χ2v) is 6.63. The third-order valence-corrected chi connectivity index (χ3v) is 4.60. The maximum Gasteiger partial charge on any atom is 0.212 e. The Labute approximate surface area is 132 Å². The Morgan fingerprint density at radius 1 is 1.33 bits per heavy atom. The summed E-state index contributed by atoms with van der Waals surface area (Å²) >= 11 is 5.06. The molecule has 21 heavy (non-hydrogen) atoms. The number of nitrogens with zero attached hydrogens (tertiary/aromatic N) is 3. The quantitative estimate of drug-likeness (QED) is 0.533. The van der Waals surface area contributed by atoms with Crippen molar-refractivity contribution in [2.75, 3.05) is 7.11 Å². The van der Waals surface area contributed by atoms with Gasteiger partial charge in [0.15, 0.2) is 5.76 Å². The number of hydrogen-bond donors (Lipinski definition) is 0. The number of halogens is 1. The van der Waals surface area contributed by atoms with E-state index in [1.54, 1.807) is 23.0 Å². The van der Waals surface area contributed by atoms with Crippen molar-refractivity contribution in [2.45, 2.75) is 6.92 Å². The van der Waals surface area contributed by atoms with E-state index in [2.05, 4.69) is 26.0 Å². The van der Waals surface area contributed by atoms with Gasteiger partial charge in [-0.3, -0.25) is 0 Å². The van der Waals surface area contributed by atoms with Crippen LogP contribution in [0.5, 0.6) is 5.75 Å². The predicted molar refractivity (Wildman–Crippen MR) is 85.1 cm³/mol. The van der Waals surface area contributed by atoms with Crippen LogP contribution in [-0.2, 0) is 0 Å². The number of rotatable bonds is 2. The molecule has 0 radical (unpaired) electrons. The molecule has 0 aliphatic heterocycles. The lowest BCUT2D eigenvalue weighted by atomic mass is 10.2. The van der Waals surface area contributed by atoms with Gasteiger partial charge in [-0.05, 0) is 41.1 Å². The van der Waals surface area contributed by atoms with Gasteiger partial charge in [0.2, 0.25) is 4.96 Å². The van der Waals surface area contributed by atoms with Gasteiger partial charge in [-0.1, -0.05) is 11.3 Å². The minimum atomic E-state index is 0.717. The van der Waals surface area contributed by atoms with Crippen LogP contribution in [-0.4, -0.2) is 21.7 Å². The van der Waals surface area contributed by atoms with Crippen LogP contribution in [0.2, 0.25) is 0 Å². The summed E-state index contributed by atoms with van der Waals surface area (Å²) in [6.07, 6.45) is 1.88. The Balaban J connectivity index is 1.89. The van der Waals surface area contributed by atoms with E-state index in [-0.39, 0.29) is 0 Å². The standard InChI is InChI=1S/C14H10BrN3O2S/c1-7-17-18-6-11(16-14(18)21-7)12-4-8-3-9(19-2)5-10(15)13(8)20-12/h3-6H,1-2H3. The number of hydrogen-bond acceptors (Lipinski definition) is 5. The Kier molecular flexibility index (Phi) is 2.80. The highest BCUT2D eigenvalue weighted by Gasteiger charge is 2.14. The van der Waals surface area contributed by atoms with Crippen LogP contribution in [0.25, 0.3) is 27.4 Å². The molecule has 3 aromatic heterocycles. The molecule has 0 spiro atoms. The van der Waals surface area contributed by atoms with Crippen molar-refractivity contribution >= 4 is 43.2 Å². The van der Waals surface area contributed by atoms with E-state index in [4.69, 9.17) is 9.15 Å². The summed E-state index contributed by atoms with van der Waals surface area (Å²) in [5.41, 5.74) is 1.56. The number of aryl methyl sites for hydroxylation is 1. The molecular formula is C14H10BrN3O2S. The maximum atomic E-state index is 5.91. The number of ether oxygens (including phenoxy) is 1. The number of methoxy groups -OCH3 is 1. The molecule has 0 fully saturated rings. The van der Waals surface area contributed by atoms with Gasteiger partial charge in [0.05, 0.1) is 17.8 Å². The van der Waals surface area contributed by atoms with E-state index in [0.29, 0.717) is 5.76 Å². The van der Waals surface area contributed by atoms with E-state index in [9.17, 15) is 0 Å². The molecule has 0 unspecified atom stereocenters. The zero-order chi connectivity index (χ0) is 14.6. The molecule has 4 aromatic rings. The van der Waals surface area contributed by atoms with Crippen molar-refractivity contribution in [1.82, 2.24) is 14.6 Å². The average Bonchev–Trinajstić information content (AvgIpc) is 3.09. The van der Waals surface area contributed by atoms with Crippen LogP contribution < -0.4 is 4.74 Å². The summed E-state index contributed by atoms with van der Waals surface area (Å²) in [5, 5.41) is 6.32. The van der Waals surface area contributed by atoms with Crippen molar-refractivity contribution in [3.63, 3.8) is 0 Å². The molecule has 0 aliphatic carbocycles. The third-order valence-electron chi connectivity index (χ3n) is 3.18. The minimum Gasteiger partial charge on any atom is -0.497 e. The van der Waals surface area contributed by atoms with Crippen LogP contribution in [0.4, 0.5) is 0 Å². The van der Waals surface area contributed by atoms with Gasteiger partial charge in [-0.25, -0.2) is 9.50 Å². The molecule has 0 N–H and O–H groups in total. The van der Waals surface area contributed by atoms with Crippen molar-refractivity contribution in [2.24, 2.45) is 0 Å². The fraction of sp³-hybridized carbons (Fsp3) is 0.143. The summed E-state index contributed by atoms with van der Waals surface area (Å²) in [7, 11) is 1.64. The first-order chi connectivity index (χ1) is 10.1. The average molecular weight is 364 g/mol. The second-order valence-electron chi connectivity index (χ2n) is 4.61. The Morgan fingerprint density at radius 3 is 2.95 bits per heavy atom. The number of imidazole rings is 1. The molecule has 0 saturated carbocycles. The van der Waals surface area contributed by atoms with E-state index in [0.717, 1.165) is 36.9 Å². The highest BCUT2D eigenvalue weighted by molar-refractivity contribution is 9.10. The van der Waals surface area contributed by atoms with Crippen molar-refractivity contribution in [1.29, 1.82) is 0 Å². The zero-order valence-electron chi connectivity index (χ0n) is 11.3. The van der Waals surface area contributed by atoms with Gasteiger partial charge in [-0.15, -0.1) is 0 Å². The van der Waals surface area contributed by atoms with Gasteiger partial charge in [-0.2, -0.15) is 5.10 Å².